The van der Waals surface area contributed by atoms with Gasteiger partial charge in [-0.1, -0.05) is 43.2 Å². The lowest BCUT2D eigenvalue weighted by Crippen LogP contribution is -2.43. The van der Waals surface area contributed by atoms with Gasteiger partial charge in [-0.05, 0) is 42.3 Å². The quantitative estimate of drug-likeness (QED) is 0.707. The third-order valence-electron chi connectivity index (χ3n) is 5.29. The molecule has 1 amide bonds. The van der Waals surface area contributed by atoms with Crippen molar-refractivity contribution in [2.75, 3.05) is 13.1 Å². The minimum atomic E-state index is -3.56. The molecular formula is C20H26N2O3S2. The first kappa shape index (κ1) is 20.0. The van der Waals surface area contributed by atoms with Crippen molar-refractivity contribution in [1.29, 1.82) is 0 Å². The number of sulfonamides is 1. The first-order chi connectivity index (χ1) is 12.9. The summed E-state index contributed by atoms with van der Waals surface area (Å²) in [5.74, 6) is -0.405. The number of amides is 1. The van der Waals surface area contributed by atoms with Gasteiger partial charge in [0.15, 0.2) is 0 Å². The highest BCUT2D eigenvalue weighted by atomic mass is 32.2. The fraction of sp³-hybridized carbons (Fsp3) is 0.450. The highest BCUT2D eigenvalue weighted by Crippen LogP contribution is 2.42. The Balaban J connectivity index is 1.53. The smallest absolute Gasteiger partial charge is 0.235 e. The van der Waals surface area contributed by atoms with Crippen molar-refractivity contribution in [1.82, 2.24) is 10.0 Å². The first-order valence-electron chi connectivity index (χ1n) is 9.23. The van der Waals surface area contributed by atoms with Gasteiger partial charge in [0, 0.05) is 16.8 Å². The lowest BCUT2D eigenvalue weighted by Gasteiger charge is -2.28. The zero-order valence-electron chi connectivity index (χ0n) is 15.5. The summed E-state index contributed by atoms with van der Waals surface area (Å²) in [6, 6.07) is 11.5. The normalized spacial score (nSPS) is 16.3. The summed E-state index contributed by atoms with van der Waals surface area (Å²) in [6.45, 7) is 2.21. The number of benzene rings is 1. The standard InChI is InChI=1S/C20H26N2O3S2/c1-16-7-2-3-8-17(16)14-27(24,25)22-13-19(23)21-15-20(10-4-5-11-20)18-9-6-12-26-18/h2-3,6-9,12,22H,4-5,10-11,13-15H2,1H3,(H,21,23). The predicted octanol–water partition coefficient (Wildman–Crippen LogP) is 3.10. The first-order valence-corrected chi connectivity index (χ1v) is 11.8. The minimum Gasteiger partial charge on any atom is -0.354 e. The van der Waals surface area contributed by atoms with Crippen LogP contribution in [0.4, 0.5) is 0 Å². The van der Waals surface area contributed by atoms with Crippen molar-refractivity contribution >= 4 is 27.3 Å². The molecule has 3 rings (SSSR count). The van der Waals surface area contributed by atoms with Crippen LogP contribution in [0.1, 0.15) is 41.7 Å². The molecule has 0 saturated heterocycles. The largest absolute Gasteiger partial charge is 0.354 e. The summed E-state index contributed by atoms with van der Waals surface area (Å²) in [4.78, 5) is 13.5. The zero-order chi connectivity index (χ0) is 19.3. The van der Waals surface area contributed by atoms with Gasteiger partial charge in [0.25, 0.3) is 0 Å². The molecule has 7 heteroatoms. The van der Waals surface area contributed by atoms with Crippen molar-refractivity contribution in [3.8, 4) is 0 Å². The molecule has 2 aromatic rings. The van der Waals surface area contributed by atoms with E-state index in [-0.39, 0.29) is 23.6 Å². The van der Waals surface area contributed by atoms with Crippen LogP contribution in [0.15, 0.2) is 41.8 Å². The fourth-order valence-corrected chi connectivity index (χ4v) is 5.85. The van der Waals surface area contributed by atoms with Crippen LogP contribution >= 0.6 is 11.3 Å². The minimum absolute atomic E-state index is 0.00382. The zero-order valence-corrected chi connectivity index (χ0v) is 17.2. The van der Waals surface area contributed by atoms with E-state index in [9.17, 15) is 13.2 Å². The van der Waals surface area contributed by atoms with E-state index in [1.165, 1.54) is 4.88 Å². The van der Waals surface area contributed by atoms with Gasteiger partial charge >= 0.3 is 0 Å². The maximum absolute atomic E-state index is 12.3. The van der Waals surface area contributed by atoms with Crippen LogP contribution in [0, 0.1) is 6.92 Å². The number of carbonyl (C=O) groups excluding carboxylic acids is 1. The van der Waals surface area contributed by atoms with Crippen LogP contribution in [0.25, 0.3) is 0 Å². The molecule has 0 radical (unpaired) electrons. The van der Waals surface area contributed by atoms with Crippen molar-refractivity contribution in [2.24, 2.45) is 0 Å². The SMILES string of the molecule is Cc1ccccc1CS(=O)(=O)NCC(=O)NCC1(c2cccs2)CCCC1. The molecule has 2 N–H and O–H groups in total. The molecule has 1 aromatic carbocycles. The second kappa shape index (κ2) is 8.54. The highest BCUT2D eigenvalue weighted by Gasteiger charge is 2.36. The molecule has 0 atom stereocenters. The van der Waals surface area contributed by atoms with E-state index < -0.39 is 10.0 Å². The Morgan fingerprint density at radius 1 is 1.15 bits per heavy atom. The third kappa shape index (κ3) is 5.18. The molecular weight excluding hydrogens is 380 g/mol. The number of carbonyl (C=O) groups is 1. The molecule has 5 nitrogen and oxygen atoms in total. The molecule has 1 aliphatic rings. The van der Waals surface area contributed by atoms with Gasteiger partial charge in [0.2, 0.25) is 15.9 Å². The van der Waals surface area contributed by atoms with Crippen LogP contribution in [0.2, 0.25) is 0 Å². The Morgan fingerprint density at radius 3 is 2.56 bits per heavy atom. The van der Waals surface area contributed by atoms with Crippen LogP contribution in [0.3, 0.4) is 0 Å². The number of rotatable bonds is 8. The van der Waals surface area contributed by atoms with Gasteiger partial charge in [-0.2, -0.15) is 0 Å². The van der Waals surface area contributed by atoms with Crippen LogP contribution in [-0.2, 0) is 26.0 Å². The summed E-state index contributed by atoms with van der Waals surface area (Å²) in [5.41, 5.74) is 1.67. The summed E-state index contributed by atoms with van der Waals surface area (Å²) in [6.07, 6.45) is 4.45. The number of aryl methyl sites for hydroxylation is 1. The predicted molar refractivity (Wildman–Crippen MR) is 109 cm³/mol. The average Bonchev–Trinajstić information content (AvgIpc) is 3.32. The maximum Gasteiger partial charge on any atom is 0.235 e. The molecule has 1 saturated carbocycles. The highest BCUT2D eigenvalue weighted by molar-refractivity contribution is 7.88. The fourth-order valence-electron chi connectivity index (χ4n) is 3.68. The van der Waals surface area contributed by atoms with E-state index in [4.69, 9.17) is 0 Å². The van der Waals surface area contributed by atoms with E-state index in [0.717, 1.165) is 36.8 Å². The Labute approximate surface area is 165 Å². The second-order valence-corrected chi connectivity index (χ2v) is 10.0. The number of hydrogen-bond acceptors (Lipinski definition) is 4. The van der Waals surface area contributed by atoms with Gasteiger partial charge in [0.1, 0.15) is 0 Å². The molecule has 27 heavy (non-hydrogen) atoms. The second-order valence-electron chi connectivity index (χ2n) is 7.25. The molecule has 0 unspecified atom stereocenters. The lowest BCUT2D eigenvalue weighted by atomic mass is 9.84. The van der Waals surface area contributed by atoms with Gasteiger partial charge in [-0.3, -0.25) is 4.79 Å². The molecule has 0 aliphatic heterocycles. The molecule has 1 heterocycles. The number of nitrogens with one attached hydrogen (secondary N) is 2. The van der Waals surface area contributed by atoms with Gasteiger partial charge in [-0.25, -0.2) is 13.1 Å². The van der Waals surface area contributed by atoms with E-state index in [2.05, 4.69) is 21.5 Å². The maximum atomic E-state index is 12.3. The van der Waals surface area contributed by atoms with Crippen LogP contribution in [-0.4, -0.2) is 27.4 Å². The van der Waals surface area contributed by atoms with E-state index in [1.807, 2.05) is 31.2 Å². The summed E-state index contributed by atoms with van der Waals surface area (Å²) in [5, 5.41) is 5.01. The summed E-state index contributed by atoms with van der Waals surface area (Å²) < 4.78 is 27.0. The molecule has 0 spiro atoms. The molecule has 1 aliphatic carbocycles. The lowest BCUT2D eigenvalue weighted by molar-refractivity contribution is -0.120. The molecule has 0 bridgehead atoms. The van der Waals surface area contributed by atoms with Crippen molar-refractivity contribution in [2.45, 2.75) is 43.8 Å². The van der Waals surface area contributed by atoms with Crippen LogP contribution in [0.5, 0.6) is 0 Å². The topological polar surface area (TPSA) is 75.3 Å². The monoisotopic (exact) mass is 406 g/mol. The van der Waals surface area contributed by atoms with Crippen molar-refractivity contribution < 1.29 is 13.2 Å². The summed E-state index contributed by atoms with van der Waals surface area (Å²) in [7, 11) is -3.56. The van der Waals surface area contributed by atoms with E-state index >= 15 is 0 Å². The Bertz CT molecular complexity index is 870. The van der Waals surface area contributed by atoms with Gasteiger partial charge < -0.3 is 5.32 Å². The molecule has 146 valence electrons. The Morgan fingerprint density at radius 2 is 1.89 bits per heavy atom. The van der Waals surface area contributed by atoms with Gasteiger partial charge in [-0.15, -0.1) is 11.3 Å². The van der Waals surface area contributed by atoms with E-state index in [1.54, 1.807) is 17.4 Å². The summed E-state index contributed by atoms with van der Waals surface area (Å²) >= 11 is 1.73. The number of hydrogen-bond donors (Lipinski definition) is 2. The van der Waals surface area contributed by atoms with E-state index in [0.29, 0.717) is 6.54 Å². The molecule has 1 aromatic heterocycles. The Kier molecular flexibility index (Phi) is 6.34. The Hall–Kier alpha value is -1.70. The number of thiophene rings is 1. The van der Waals surface area contributed by atoms with Gasteiger partial charge in [0.05, 0.1) is 12.3 Å². The van der Waals surface area contributed by atoms with Crippen LogP contribution < -0.4 is 10.0 Å². The third-order valence-corrected chi connectivity index (χ3v) is 7.68. The van der Waals surface area contributed by atoms with Crippen molar-refractivity contribution in [3.05, 3.63) is 57.8 Å². The van der Waals surface area contributed by atoms with Crippen molar-refractivity contribution in [3.63, 3.8) is 0 Å². The molecule has 1 fully saturated rings. The average molecular weight is 407 g/mol.